The van der Waals surface area contributed by atoms with Crippen LogP contribution in [0.1, 0.15) is 58.8 Å². The van der Waals surface area contributed by atoms with E-state index >= 15 is 0 Å². The maximum Gasteiger partial charge on any atom is 0.322 e. The third-order valence-corrected chi connectivity index (χ3v) is 10.1. The fourth-order valence-electron chi connectivity index (χ4n) is 4.84. The van der Waals surface area contributed by atoms with E-state index in [0.29, 0.717) is 18.8 Å². The molecule has 3 saturated carbocycles. The second-order valence-electron chi connectivity index (χ2n) is 9.48. The lowest BCUT2D eigenvalue weighted by Gasteiger charge is -2.37. The minimum Gasteiger partial charge on any atom is -0.319 e. The molecule has 2 amide bonds. The van der Waals surface area contributed by atoms with E-state index in [1.165, 1.54) is 12.8 Å². The molecule has 3 N–H and O–H groups in total. The molecule has 2 aliphatic heterocycles. The van der Waals surface area contributed by atoms with Gasteiger partial charge in [-0.2, -0.15) is 0 Å². The topological polar surface area (TPSA) is 93.8 Å². The van der Waals surface area contributed by atoms with Crippen molar-refractivity contribution in [3.05, 3.63) is 0 Å². The molecule has 0 radical (unpaired) electrons. The number of nitrogens with one attached hydrogen (secondary N) is 3. The SMILES string of the molecule is CC1NNC(N2C(=O)N(CC3CC3)C3CCC(S(=O)(=O)NC4(C)CC4)CC32)S1. The predicted octanol–water partition coefficient (Wildman–Crippen LogP) is 1.37. The quantitative estimate of drug-likeness (QED) is 0.590. The van der Waals surface area contributed by atoms with Gasteiger partial charge < -0.3 is 4.90 Å². The van der Waals surface area contributed by atoms with Crippen molar-refractivity contribution in [2.75, 3.05) is 6.54 Å². The summed E-state index contributed by atoms with van der Waals surface area (Å²) in [5, 5.41) is -0.201. The van der Waals surface area contributed by atoms with Crippen LogP contribution in [0.4, 0.5) is 4.79 Å². The van der Waals surface area contributed by atoms with Crippen molar-refractivity contribution in [1.82, 2.24) is 25.4 Å². The highest BCUT2D eigenvalue weighted by Gasteiger charge is 2.55. The number of rotatable bonds is 6. The summed E-state index contributed by atoms with van der Waals surface area (Å²) in [4.78, 5) is 17.3. The number of carbonyl (C=O) groups excluding carboxylic acids is 1. The molecule has 158 valence electrons. The molecule has 5 aliphatic rings. The van der Waals surface area contributed by atoms with Crippen LogP contribution in [-0.2, 0) is 10.0 Å². The van der Waals surface area contributed by atoms with Crippen molar-refractivity contribution >= 4 is 27.8 Å². The van der Waals surface area contributed by atoms with E-state index in [0.717, 1.165) is 25.8 Å². The Bertz CT molecular complexity index is 754. The number of thioether (sulfide) groups is 1. The van der Waals surface area contributed by atoms with Crippen LogP contribution < -0.4 is 15.6 Å². The van der Waals surface area contributed by atoms with E-state index in [1.807, 2.05) is 16.7 Å². The van der Waals surface area contributed by atoms with Gasteiger partial charge in [0.25, 0.3) is 0 Å². The van der Waals surface area contributed by atoms with Gasteiger partial charge in [0, 0.05) is 12.1 Å². The lowest BCUT2D eigenvalue weighted by atomic mass is 9.89. The first-order valence-corrected chi connectivity index (χ1v) is 13.0. The van der Waals surface area contributed by atoms with Crippen molar-refractivity contribution in [3.63, 3.8) is 0 Å². The van der Waals surface area contributed by atoms with E-state index in [4.69, 9.17) is 0 Å². The Labute approximate surface area is 171 Å². The van der Waals surface area contributed by atoms with Crippen molar-refractivity contribution in [2.45, 2.75) is 92.5 Å². The third kappa shape index (κ3) is 3.55. The lowest BCUT2D eigenvalue weighted by Crippen LogP contribution is -2.53. The number of sulfonamides is 1. The van der Waals surface area contributed by atoms with Gasteiger partial charge in [-0.3, -0.25) is 4.90 Å². The highest BCUT2D eigenvalue weighted by molar-refractivity contribution is 8.00. The van der Waals surface area contributed by atoms with Gasteiger partial charge in [0.05, 0.1) is 22.7 Å². The molecule has 5 unspecified atom stereocenters. The van der Waals surface area contributed by atoms with E-state index in [1.54, 1.807) is 11.8 Å². The number of urea groups is 1. The first kappa shape index (κ1) is 19.4. The first-order valence-electron chi connectivity index (χ1n) is 10.5. The molecular weight excluding hydrogens is 398 g/mol. The molecule has 2 saturated heterocycles. The van der Waals surface area contributed by atoms with E-state index < -0.39 is 15.3 Å². The largest absolute Gasteiger partial charge is 0.322 e. The zero-order valence-electron chi connectivity index (χ0n) is 16.6. The predicted molar refractivity (Wildman–Crippen MR) is 109 cm³/mol. The highest BCUT2D eigenvalue weighted by atomic mass is 32.2. The van der Waals surface area contributed by atoms with E-state index in [-0.39, 0.29) is 34.5 Å². The Hall–Kier alpha value is -0.550. The van der Waals surface area contributed by atoms with Gasteiger partial charge in [-0.05, 0) is 64.7 Å². The van der Waals surface area contributed by atoms with Crippen LogP contribution in [0.25, 0.3) is 0 Å². The molecule has 0 aromatic heterocycles. The van der Waals surface area contributed by atoms with E-state index in [2.05, 4.69) is 22.5 Å². The van der Waals surface area contributed by atoms with Gasteiger partial charge in [-0.25, -0.2) is 28.8 Å². The van der Waals surface area contributed by atoms with E-state index in [9.17, 15) is 13.2 Å². The summed E-state index contributed by atoms with van der Waals surface area (Å²) in [6.07, 6.45) is 6.16. The Morgan fingerprint density at radius 3 is 2.54 bits per heavy atom. The molecule has 5 atom stereocenters. The second-order valence-corrected chi connectivity index (χ2v) is 12.9. The molecule has 0 aromatic carbocycles. The minimum absolute atomic E-state index is 0.0503. The summed E-state index contributed by atoms with van der Waals surface area (Å²) < 4.78 is 28.9. The number of fused-ring (bicyclic) bond motifs is 1. The molecule has 0 spiro atoms. The Morgan fingerprint density at radius 2 is 1.93 bits per heavy atom. The summed E-state index contributed by atoms with van der Waals surface area (Å²) in [5.41, 5.74) is 6.02. The van der Waals surface area contributed by atoms with Crippen molar-refractivity contribution < 1.29 is 13.2 Å². The normalized spacial score (nSPS) is 40.1. The Balaban J connectivity index is 1.37. The van der Waals surface area contributed by atoms with Crippen LogP contribution in [0.15, 0.2) is 0 Å². The summed E-state index contributed by atoms with van der Waals surface area (Å²) in [5.74, 6) is 0.628. The van der Waals surface area contributed by atoms with Gasteiger partial charge in [-0.1, -0.05) is 0 Å². The fraction of sp³-hybridized carbons (Fsp3) is 0.944. The molecule has 28 heavy (non-hydrogen) atoms. The zero-order valence-corrected chi connectivity index (χ0v) is 18.2. The first-order chi connectivity index (χ1) is 13.3. The molecule has 5 rings (SSSR count). The average molecular weight is 430 g/mol. The average Bonchev–Trinajstić information content (AvgIpc) is 3.52. The molecule has 10 heteroatoms. The lowest BCUT2D eigenvalue weighted by molar-refractivity contribution is 0.170. The monoisotopic (exact) mass is 429 g/mol. The van der Waals surface area contributed by atoms with Gasteiger partial charge in [0.1, 0.15) is 5.50 Å². The van der Waals surface area contributed by atoms with Crippen LogP contribution in [0.3, 0.4) is 0 Å². The molecule has 0 bridgehead atoms. The van der Waals surface area contributed by atoms with Gasteiger partial charge in [0.2, 0.25) is 10.0 Å². The van der Waals surface area contributed by atoms with Gasteiger partial charge in [0.15, 0.2) is 0 Å². The standard InChI is InChI=1S/C18H31N5O3S2/c1-11-19-20-16(27-11)23-15-9-13(28(25,26)21-18(2)7-8-18)5-6-14(15)22(17(23)24)10-12-3-4-12/h11-16,19-21H,3-10H2,1-2H3. The number of hydrogen-bond donors (Lipinski definition) is 3. The molecular formula is C18H31N5O3S2. The molecule has 3 aliphatic carbocycles. The summed E-state index contributed by atoms with van der Waals surface area (Å²) in [6.45, 7) is 4.86. The van der Waals surface area contributed by atoms with Crippen LogP contribution in [0.2, 0.25) is 0 Å². The smallest absolute Gasteiger partial charge is 0.319 e. The zero-order chi connectivity index (χ0) is 19.7. The van der Waals surface area contributed by atoms with Crippen LogP contribution in [0.5, 0.6) is 0 Å². The van der Waals surface area contributed by atoms with Crippen LogP contribution in [0, 0.1) is 5.92 Å². The molecule has 0 aromatic rings. The number of hydrazine groups is 1. The summed E-state index contributed by atoms with van der Waals surface area (Å²) in [6, 6.07) is 0.156. The fourth-order valence-corrected chi connectivity index (χ4v) is 7.83. The molecule has 5 fully saturated rings. The Kier molecular flexibility index (Phi) is 4.67. The van der Waals surface area contributed by atoms with Crippen LogP contribution >= 0.6 is 11.8 Å². The van der Waals surface area contributed by atoms with Gasteiger partial charge >= 0.3 is 6.03 Å². The highest BCUT2D eigenvalue weighted by Crippen LogP contribution is 2.43. The third-order valence-electron chi connectivity index (χ3n) is 6.93. The molecule has 2 heterocycles. The summed E-state index contributed by atoms with van der Waals surface area (Å²) >= 11 is 1.68. The maximum absolute atomic E-state index is 13.3. The minimum atomic E-state index is -3.37. The Morgan fingerprint density at radius 1 is 1.18 bits per heavy atom. The van der Waals surface area contributed by atoms with Crippen molar-refractivity contribution in [3.8, 4) is 0 Å². The maximum atomic E-state index is 13.3. The summed E-state index contributed by atoms with van der Waals surface area (Å²) in [7, 11) is -3.37. The van der Waals surface area contributed by atoms with Crippen molar-refractivity contribution in [1.29, 1.82) is 0 Å². The number of hydrogen-bond acceptors (Lipinski definition) is 6. The number of amides is 2. The van der Waals surface area contributed by atoms with Gasteiger partial charge in [-0.15, -0.1) is 11.8 Å². The van der Waals surface area contributed by atoms with Crippen molar-refractivity contribution in [2.24, 2.45) is 5.92 Å². The molecule has 8 nitrogen and oxygen atoms in total. The second kappa shape index (κ2) is 6.73. The number of nitrogens with zero attached hydrogens (tertiary/aromatic N) is 2. The number of carbonyl (C=O) groups is 1. The van der Waals surface area contributed by atoms with Crippen LogP contribution in [-0.4, -0.2) is 64.5 Å².